The van der Waals surface area contributed by atoms with Gasteiger partial charge in [0.15, 0.2) is 5.78 Å². The number of hydrogen-bond acceptors (Lipinski definition) is 3. The Hall–Kier alpha value is -1.97. The second-order valence-corrected chi connectivity index (χ2v) is 6.98. The summed E-state index contributed by atoms with van der Waals surface area (Å²) in [6.07, 6.45) is 0. The Morgan fingerprint density at radius 2 is 1.17 bits per heavy atom. The maximum atomic E-state index is 12.4. The largest absolute Gasteiger partial charge is 0.289 e. The van der Waals surface area contributed by atoms with Crippen molar-refractivity contribution in [2.75, 3.05) is 0 Å². The van der Waals surface area contributed by atoms with Gasteiger partial charge in [-0.1, -0.05) is 29.5 Å². The third-order valence-electron chi connectivity index (χ3n) is 3.50. The molecule has 3 aromatic rings. The number of hydrogen-bond donors (Lipinski definition) is 1. The molecule has 0 radical (unpaired) electrons. The summed E-state index contributed by atoms with van der Waals surface area (Å²) in [5.41, 5.74) is 2.63. The van der Waals surface area contributed by atoms with Gasteiger partial charge in [-0.3, -0.25) is 4.79 Å². The third kappa shape index (κ3) is 4.06. The van der Waals surface area contributed by atoms with Gasteiger partial charge in [0, 0.05) is 25.8 Å². The molecule has 3 heteroatoms. The number of aryl methyl sites for hydroxylation is 1. The molecule has 0 spiro atoms. The van der Waals surface area contributed by atoms with Gasteiger partial charge in [-0.2, -0.15) is 0 Å². The van der Waals surface area contributed by atoms with E-state index >= 15 is 0 Å². The van der Waals surface area contributed by atoms with Crippen LogP contribution in [0.25, 0.3) is 0 Å². The fourth-order valence-electron chi connectivity index (χ4n) is 2.20. The van der Waals surface area contributed by atoms with E-state index in [1.165, 1.54) is 10.5 Å². The van der Waals surface area contributed by atoms with Crippen LogP contribution in [-0.2, 0) is 0 Å². The van der Waals surface area contributed by atoms with E-state index in [1.54, 1.807) is 23.9 Å². The molecule has 23 heavy (non-hydrogen) atoms. The molecule has 0 aliphatic rings. The van der Waals surface area contributed by atoms with Crippen molar-refractivity contribution in [3.63, 3.8) is 0 Å². The highest BCUT2D eigenvalue weighted by atomic mass is 32.2. The Balaban J connectivity index is 1.75. The SMILES string of the molecule is Cc1ccc(Sc2ccc(C(=O)c3ccc(S)cc3)cc2)cc1. The van der Waals surface area contributed by atoms with Crippen molar-refractivity contribution >= 4 is 30.2 Å². The van der Waals surface area contributed by atoms with Crippen LogP contribution in [0.3, 0.4) is 0 Å². The van der Waals surface area contributed by atoms with Crippen LogP contribution in [0.1, 0.15) is 21.5 Å². The molecular weight excluding hydrogens is 320 g/mol. The summed E-state index contributed by atoms with van der Waals surface area (Å²) in [6, 6.07) is 23.4. The van der Waals surface area contributed by atoms with Crippen molar-refractivity contribution in [2.45, 2.75) is 21.6 Å². The van der Waals surface area contributed by atoms with Gasteiger partial charge in [-0.05, 0) is 67.6 Å². The molecule has 0 saturated carbocycles. The van der Waals surface area contributed by atoms with Gasteiger partial charge in [-0.25, -0.2) is 0 Å². The van der Waals surface area contributed by atoms with Crippen molar-refractivity contribution < 1.29 is 4.79 Å². The Labute approximate surface area is 146 Å². The number of carbonyl (C=O) groups is 1. The Kier molecular flexibility index (Phi) is 4.89. The number of benzene rings is 3. The zero-order chi connectivity index (χ0) is 16.2. The minimum Gasteiger partial charge on any atom is -0.289 e. The Bertz CT molecular complexity index is 804. The van der Waals surface area contributed by atoms with E-state index in [0.717, 1.165) is 9.79 Å². The topological polar surface area (TPSA) is 17.1 Å². The lowest BCUT2D eigenvalue weighted by molar-refractivity contribution is 0.103. The zero-order valence-corrected chi connectivity index (χ0v) is 14.4. The second-order valence-electron chi connectivity index (χ2n) is 5.32. The molecular formula is C20H16OS2. The van der Waals surface area contributed by atoms with Crippen LogP contribution in [0.15, 0.2) is 87.5 Å². The van der Waals surface area contributed by atoms with Crippen molar-refractivity contribution in [3.05, 3.63) is 89.5 Å². The van der Waals surface area contributed by atoms with Crippen LogP contribution in [0.5, 0.6) is 0 Å². The number of rotatable bonds is 4. The van der Waals surface area contributed by atoms with E-state index < -0.39 is 0 Å². The smallest absolute Gasteiger partial charge is 0.193 e. The van der Waals surface area contributed by atoms with Gasteiger partial charge in [0.1, 0.15) is 0 Å². The summed E-state index contributed by atoms with van der Waals surface area (Å²) < 4.78 is 0. The van der Waals surface area contributed by atoms with Crippen LogP contribution >= 0.6 is 24.4 Å². The first kappa shape index (κ1) is 15.9. The minimum atomic E-state index is 0.0326. The van der Waals surface area contributed by atoms with Crippen molar-refractivity contribution in [1.29, 1.82) is 0 Å². The second kappa shape index (κ2) is 7.07. The highest BCUT2D eigenvalue weighted by Crippen LogP contribution is 2.28. The number of carbonyl (C=O) groups excluding carboxylic acids is 1. The molecule has 0 aliphatic heterocycles. The molecule has 0 N–H and O–H groups in total. The quantitative estimate of drug-likeness (QED) is 0.488. The molecule has 0 aliphatic carbocycles. The first-order chi connectivity index (χ1) is 11.1. The molecule has 0 amide bonds. The molecule has 0 aromatic heterocycles. The van der Waals surface area contributed by atoms with Crippen LogP contribution in [-0.4, -0.2) is 5.78 Å². The lowest BCUT2D eigenvalue weighted by Crippen LogP contribution is -2.00. The van der Waals surface area contributed by atoms with Gasteiger partial charge in [0.25, 0.3) is 0 Å². The van der Waals surface area contributed by atoms with Gasteiger partial charge in [-0.15, -0.1) is 12.6 Å². The van der Waals surface area contributed by atoms with E-state index in [-0.39, 0.29) is 5.78 Å². The van der Waals surface area contributed by atoms with Gasteiger partial charge in [0.2, 0.25) is 0 Å². The minimum absolute atomic E-state index is 0.0326. The van der Waals surface area contributed by atoms with E-state index in [1.807, 2.05) is 36.4 Å². The van der Waals surface area contributed by atoms with E-state index in [9.17, 15) is 4.79 Å². The molecule has 3 rings (SSSR count). The molecule has 1 nitrogen and oxygen atoms in total. The molecule has 0 fully saturated rings. The summed E-state index contributed by atoms with van der Waals surface area (Å²) in [7, 11) is 0. The average Bonchev–Trinajstić information content (AvgIpc) is 2.58. The van der Waals surface area contributed by atoms with Crippen LogP contribution in [0.2, 0.25) is 0 Å². The highest BCUT2D eigenvalue weighted by molar-refractivity contribution is 7.99. The van der Waals surface area contributed by atoms with Gasteiger partial charge in [0.05, 0.1) is 0 Å². The number of ketones is 1. The predicted molar refractivity (Wildman–Crippen MR) is 98.9 cm³/mol. The summed E-state index contributed by atoms with van der Waals surface area (Å²) in [6.45, 7) is 2.08. The molecule has 0 atom stereocenters. The molecule has 0 unspecified atom stereocenters. The molecule has 0 saturated heterocycles. The predicted octanol–water partition coefficient (Wildman–Crippen LogP) is 5.67. The zero-order valence-electron chi connectivity index (χ0n) is 12.7. The van der Waals surface area contributed by atoms with E-state index in [0.29, 0.717) is 11.1 Å². The average molecular weight is 336 g/mol. The lowest BCUT2D eigenvalue weighted by Gasteiger charge is -2.05. The van der Waals surface area contributed by atoms with Crippen LogP contribution in [0, 0.1) is 6.92 Å². The van der Waals surface area contributed by atoms with Crippen LogP contribution < -0.4 is 0 Å². The first-order valence-corrected chi connectivity index (χ1v) is 8.56. The molecule has 0 heterocycles. The van der Waals surface area contributed by atoms with Gasteiger partial charge < -0.3 is 0 Å². The maximum absolute atomic E-state index is 12.4. The Morgan fingerprint density at radius 3 is 1.70 bits per heavy atom. The van der Waals surface area contributed by atoms with E-state index in [4.69, 9.17) is 0 Å². The molecule has 3 aromatic carbocycles. The standard InChI is InChI=1S/C20H16OS2/c1-14-2-10-18(11-3-14)23-19-12-6-16(7-13-19)20(21)15-4-8-17(22)9-5-15/h2-13,22H,1H3. The number of thiol groups is 1. The van der Waals surface area contributed by atoms with Crippen molar-refractivity contribution in [3.8, 4) is 0 Å². The maximum Gasteiger partial charge on any atom is 0.193 e. The Morgan fingerprint density at radius 1 is 0.739 bits per heavy atom. The summed E-state index contributed by atoms with van der Waals surface area (Å²) in [5.74, 6) is 0.0326. The summed E-state index contributed by atoms with van der Waals surface area (Å²) >= 11 is 5.93. The van der Waals surface area contributed by atoms with Crippen molar-refractivity contribution in [1.82, 2.24) is 0 Å². The summed E-state index contributed by atoms with van der Waals surface area (Å²) in [4.78, 5) is 15.6. The lowest BCUT2D eigenvalue weighted by atomic mass is 10.0. The van der Waals surface area contributed by atoms with Gasteiger partial charge >= 0.3 is 0 Å². The summed E-state index contributed by atoms with van der Waals surface area (Å²) in [5, 5.41) is 0. The molecule has 114 valence electrons. The third-order valence-corrected chi connectivity index (χ3v) is 4.82. The van der Waals surface area contributed by atoms with Crippen LogP contribution in [0.4, 0.5) is 0 Å². The molecule has 0 bridgehead atoms. The normalized spacial score (nSPS) is 10.5. The fourth-order valence-corrected chi connectivity index (χ4v) is 3.16. The fraction of sp³-hybridized carbons (Fsp3) is 0.0500. The van der Waals surface area contributed by atoms with Crippen molar-refractivity contribution in [2.24, 2.45) is 0 Å². The monoisotopic (exact) mass is 336 g/mol. The first-order valence-electron chi connectivity index (χ1n) is 7.30. The van der Waals surface area contributed by atoms with E-state index in [2.05, 4.69) is 43.8 Å². The highest BCUT2D eigenvalue weighted by Gasteiger charge is 2.09.